The molecule has 1 aliphatic rings. The predicted octanol–water partition coefficient (Wildman–Crippen LogP) is -1.80. The second-order valence-corrected chi connectivity index (χ2v) is 6.97. The monoisotopic (exact) mass is 361 g/mol. The Balaban J connectivity index is 2.24. The average molecular weight is 361 g/mol. The zero-order chi connectivity index (χ0) is 17.9. The topological polar surface area (TPSA) is 142 Å². The van der Waals surface area contributed by atoms with E-state index in [9.17, 15) is 23.4 Å². The summed E-state index contributed by atoms with van der Waals surface area (Å²) in [4.78, 5) is 12.2. The molecular weight excluding hydrogens is 342 g/mol. The van der Waals surface area contributed by atoms with Gasteiger partial charge in [-0.2, -0.15) is 8.42 Å². The van der Waals surface area contributed by atoms with Gasteiger partial charge in [0.1, 0.15) is 24.4 Å². The van der Waals surface area contributed by atoms with Gasteiger partial charge >= 0.3 is 0 Å². The smallest absolute Gasteiger partial charge is 0.264 e. The summed E-state index contributed by atoms with van der Waals surface area (Å²) in [5, 5.41) is 31.7. The number of carbonyl (C=O) groups excluding carboxylic acids is 1. The van der Waals surface area contributed by atoms with Crippen LogP contribution in [-0.4, -0.2) is 73.2 Å². The number of benzene rings is 1. The van der Waals surface area contributed by atoms with Gasteiger partial charge in [-0.25, -0.2) is 0 Å². The Morgan fingerprint density at radius 2 is 1.92 bits per heavy atom. The van der Waals surface area contributed by atoms with E-state index in [1.807, 2.05) is 0 Å². The third-order valence-corrected chi connectivity index (χ3v) is 4.06. The van der Waals surface area contributed by atoms with Crippen molar-refractivity contribution in [1.82, 2.24) is 5.32 Å². The number of carbonyl (C=O) groups is 1. The van der Waals surface area contributed by atoms with Crippen molar-refractivity contribution in [2.75, 3.05) is 12.9 Å². The van der Waals surface area contributed by atoms with Gasteiger partial charge in [0.2, 0.25) is 0 Å². The van der Waals surface area contributed by atoms with Gasteiger partial charge in [0.25, 0.3) is 16.0 Å². The zero-order valence-corrected chi connectivity index (χ0v) is 13.6. The molecule has 1 aromatic rings. The highest BCUT2D eigenvalue weighted by atomic mass is 32.2. The lowest BCUT2D eigenvalue weighted by atomic mass is 9.97. The fourth-order valence-corrected chi connectivity index (χ4v) is 3.01. The summed E-state index contributed by atoms with van der Waals surface area (Å²) in [7, 11) is -4.00. The molecule has 0 saturated carbocycles. The molecule has 1 heterocycles. The molecule has 1 saturated heterocycles. The Bertz CT molecular complexity index is 665. The van der Waals surface area contributed by atoms with Gasteiger partial charge in [-0.3, -0.25) is 8.98 Å². The molecule has 0 radical (unpaired) electrons. The number of aliphatic hydroxyl groups is 3. The molecule has 0 spiro atoms. The summed E-state index contributed by atoms with van der Waals surface area (Å²) in [6.45, 7) is -0.665. The van der Waals surface area contributed by atoms with Crippen molar-refractivity contribution in [3.05, 3.63) is 35.9 Å². The molecular formula is C14H19NO8S. The Morgan fingerprint density at radius 1 is 1.29 bits per heavy atom. The zero-order valence-electron chi connectivity index (χ0n) is 12.8. The van der Waals surface area contributed by atoms with Crippen LogP contribution in [0.1, 0.15) is 10.4 Å². The lowest BCUT2D eigenvalue weighted by Gasteiger charge is -2.41. The SMILES string of the molecule is CS(=O)(=O)O[C@@H]1[C@H](O)[C@H](CO)O[C@@H](O)[C@H]1NC(=O)c1ccccc1. The van der Waals surface area contributed by atoms with Crippen LogP contribution in [0.15, 0.2) is 30.3 Å². The van der Waals surface area contributed by atoms with Crippen molar-refractivity contribution in [2.24, 2.45) is 0 Å². The van der Waals surface area contributed by atoms with E-state index in [4.69, 9.17) is 14.0 Å². The molecule has 134 valence electrons. The number of aliphatic hydroxyl groups excluding tert-OH is 3. The maximum atomic E-state index is 12.2. The van der Waals surface area contributed by atoms with Crippen LogP contribution < -0.4 is 5.32 Å². The molecule has 0 aromatic heterocycles. The molecule has 1 aromatic carbocycles. The van der Waals surface area contributed by atoms with Crippen LogP contribution in [0.4, 0.5) is 0 Å². The van der Waals surface area contributed by atoms with Crippen LogP contribution in [0, 0.1) is 0 Å². The van der Waals surface area contributed by atoms with Crippen LogP contribution in [0.5, 0.6) is 0 Å². The Labute approximate surface area is 139 Å². The van der Waals surface area contributed by atoms with Crippen LogP contribution in [-0.2, 0) is 19.0 Å². The fraction of sp³-hybridized carbons (Fsp3) is 0.500. The number of hydrogen-bond acceptors (Lipinski definition) is 8. The highest BCUT2D eigenvalue weighted by molar-refractivity contribution is 7.86. The van der Waals surface area contributed by atoms with Gasteiger partial charge in [-0.15, -0.1) is 0 Å². The lowest BCUT2D eigenvalue weighted by molar-refractivity contribution is -0.247. The van der Waals surface area contributed by atoms with Crippen LogP contribution in [0.3, 0.4) is 0 Å². The quantitative estimate of drug-likeness (QED) is 0.450. The molecule has 24 heavy (non-hydrogen) atoms. The highest BCUT2D eigenvalue weighted by Crippen LogP contribution is 2.24. The van der Waals surface area contributed by atoms with E-state index in [-0.39, 0.29) is 5.56 Å². The second-order valence-electron chi connectivity index (χ2n) is 5.37. The molecule has 2 rings (SSSR count). The molecule has 1 amide bonds. The third-order valence-electron chi connectivity index (χ3n) is 3.49. The number of rotatable bonds is 5. The Hall–Kier alpha value is -1.56. The lowest BCUT2D eigenvalue weighted by Crippen LogP contribution is -2.65. The predicted molar refractivity (Wildman–Crippen MR) is 81.4 cm³/mol. The summed E-state index contributed by atoms with van der Waals surface area (Å²) in [5.41, 5.74) is 0.265. The molecule has 0 aliphatic carbocycles. The van der Waals surface area contributed by atoms with Crippen molar-refractivity contribution >= 4 is 16.0 Å². The van der Waals surface area contributed by atoms with Crippen molar-refractivity contribution in [2.45, 2.75) is 30.6 Å². The van der Waals surface area contributed by atoms with Gasteiger partial charge in [-0.1, -0.05) is 18.2 Å². The third kappa shape index (κ3) is 4.50. The van der Waals surface area contributed by atoms with Gasteiger partial charge in [0.15, 0.2) is 6.29 Å². The molecule has 5 atom stereocenters. The minimum atomic E-state index is -4.00. The maximum absolute atomic E-state index is 12.2. The van der Waals surface area contributed by atoms with Crippen molar-refractivity contribution in [1.29, 1.82) is 0 Å². The molecule has 9 nitrogen and oxygen atoms in total. The Morgan fingerprint density at radius 3 is 2.46 bits per heavy atom. The molecule has 1 fully saturated rings. The number of nitrogens with one attached hydrogen (secondary N) is 1. The average Bonchev–Trinajstić information content (AvgIpc) is 2.53. The first-order valence-corrected chi connectivity index (χ1v) is 8.91. The second kappa shape index (κ2) is 7.55. The molecule has 0 bridgehead atoms. The molecule has 0 unspecified atom stereocenters. The number of ether oxygens (including phenoxy) is 1. The number of hydrogen-bond donors (Lipinski definition) is 4. The van der Waals surface area contributed by atoms with Gasteiger partial charge in [-0.05, 0) is 12.1 Å². The minimum absolute atomic E-state index is 0.265. The van der Waals surface area contributed by atoms with Crippen molar-refractivity contribution in [3.8, 4) is 0 Å². The first-order chi connectivity index (χ1) is 11.2. The van der Waals surface area contributed by atoms with Gasteiger partial charge in [0, 0.05) is 5.56 Å². The van der Waals surface area contributed by atoms with Crippen LogP contribution in [0.2, 0.25) is 0 Å². The summed E-state index contributed by atoms with van der Waals surface area (Å²) in [5.74, 6) is -0.611. The van der Waals surface area contributed by atoms with E-state index in [0.29, 0.717) is 0 Å². The van der Waals surface area contributed by atoms with E-state index in [1.54, 1.807) is 18.2 Å². The van der Waals surface area contributed by atoms with E-state index >= 15 is 0 Å². The minimum Gasteiger partial charge on any atom is -0.394 e. The van der Waals surface area contributed by atoms with Crippen molar-refractivity contribution < 1.29 is 37.5 Å². The standard InChI is InChI=1S/C14H19NO8S/c1-24(20,21)23-12-10(14(19)22-9(7-16)11(12)17)15-13(18)8-5-3-2-4-6-8/h2-6,9-12,14,16-17,19H,7H2,1H3,(H,15,18)/t9-,10-,11+,12-,14+/m0/s1. The van der Waals surface area contributed by atoms with E-state index < -0.39 is 53.3 Å². The highest BCUT2D eigenvalue weighted by Gasteiger charge is 2.47. The molecule has 1 aliphatic heterocycles. The molecule has 10 heteroatoms. The summed E-state index contributed by atoms with van der Waals surface area (Å²) >= 11 is 0. The van der Waals surface area contributed by atoms with E-state index in [1.165, 1.54) is 12.1 Å². The Kier molecular flexibility index (Phi) is 5.91. The summed E-state index contributed by atoms with van der Waals surface area (Å²) in [6.07, 6.45) is -5.25. The van der Waals surface area contributed by atoms with Gasteiger partial charge < -0.3 is 25.4 Å². The summed E-state index contributed by atoms with van der Waals surface area (Å²) < 4.78 is 32.6. The normalized spacial score (nSPS) is 30.8. The fourth-order valence-electron chi connectivity index (χ4n) is 2.38. The molecule has 4 N–H and O–H groups in total. The van der Waals surface area contributed by atoms with E-state index in [2.05, 4.69) is 5.32 Å². The summed E-state index contributed by atoms with van der Waals surface area (Å²) in [6, 6.07) is 6.65. The van der Waals surface area contributed by atoms with Crippen molar-refractivity contribution in [3.63, 3.8) is 0 Å². The maximum Gasteiger partial charge on any atom is 0.264 e. The van der Waals surface area contributed by atoms with Gasteiger partial charge in [0.05, 0.1) is 12.9 Å². The van der Waals surface area contributed by atoms with E-state index in [0.717, 1.165) is 6.26 Å². The van der Waals surface area contributed by atoms with Crippen LogP contribution >= 0.6 is 0 Å². The first kappa shape index (κ1) is 18.8. The number of amides is 1. The largest absolute Gasteiger partial charge is 0.394 e. The van der Waals surface area contributed by atoms with Crippen LogP contribution in [0.25, 0.3) is 0 Å². The first-order valence-electron chi connectivity index (χ1n) is 7.09.